The molecule has 13 rings (SSSR count). The summed E-state index contributed by atoms with van der Waals surface area (Å²) in [4.78, 5) is 0. The van der Waals surface area contributed by atoms with Gasteiger partial charge in [0.1, 0.15) is 0 Å². The Balaban J connectivity index is 1.05. The molecule has 0 N–H and O–H groups in total. The molecular formula is C66H44N2. The van der Waals surface area contributed by atoms with Crippen LogP contribution >= 0.6 is 0 Å². The minimum absolute atomic E-state index is 1.12. The minimum Gasteiger partial charge on any atom is -0.309 e. The van der Waals surface area contributed by atoms with Crippen molar-refractivity contribution in [3.63, 3.8) is 0 Å². The molecule has 2 heteroatoms. The molecule has 0 saturated carbocycles. The van der Waals surface area contributed by atoms with Crippen LogP contribution in [0.3, 0.4) is 0 Å². The van der Waals surface area contributed by atoms with Gasteiger partial charge in [-0.05, 0) is 127 Å². The standard InChI is InChI=1S/C66H44N2/c1-5-19-45(20-6-1)49-35-37-58-56-31-13-15-33-62(56)67(64(58)43-49)54-29-17-27-51(39-54)60-41-53(47-23-9-3-10-24-47)42-61(66(60)48-25-11-4-12-26-48)52-28-18-30-55(40-52)68-63-34-16-14-32-57(63)59-38-36-50(44-65(59)68)46-21-7-2-8-22-46/h1-44H. The molecule has 68 heavy (non-hydrogen) atoms. The molecule has 2 heterocycles. The van der Waals surface area contributed by atoms with E-state index in [9.17, 15) is 0 Å². The van der Waals surface area contributed by atoms with Crippen LogP contribution in [0.2, 0.25) is 0 Å². The molecule has 0 amide bonds. The Labute approximate surface area is 395 Å². The maximum atomic E-state index is 2.45. The molecule has 0 saturated heterocycles. The minimum atomic E-state index is 1.12. The van der Waals surface area contributed by atoms with Gasteiger partial charge in [-0.25, -0.2) is 0 Å². The summed E-state index contributed by atoms with van der Waals surface area (Å²) >= 11 is 0. The summed E-state index contributed by atoms with van der Waals surface area (Å²) in [6, 6.07) is 97.7. The van der Waals surface area contributed by atoms with Crippen molar-refractivity contribution in [2.45, 2.75) is 0 Å². The third kappa shape index (κ3) is 6.73. The lowest BCUT2D eigenvalue weighted by atomic mass is 9.84. The lowest BCUT2D eigenvalue weighted by Gasteiger charge is -2.20. The zero-order valence-corrected chi connectivity index (χ0v) is 37.3. The van der Waals surface area contributed by atoms with Crippen LogP contribution in [0.5, 0.6) is 0 Å². The number of para-hydroxylation sites is 2. The summed E-state index contributed by atoms with van der Waals surface area (Å²) in [5.41, 5.74) is 21.1. The quantitative estimate of drug-likeness (QED) is 0.144. The van der Waals surface area contributed by atoms with Crippen molar-refractivity contribution in [3.05, 3.63) is 267 Å². The molecule has 0 unspecified atom stereocenters. The first kappa shape index (κ1) is 39.4. The molecular weight excluding hydrogens is 821 g/mol. The third-order valence-corrected chi connectivity index (χ3v) is 13.7. The van der Waals surface area contributed by atoms with Crippen LogP contribution < -0.4 is 0 Å². The predicted octanol–water partition coefficient (Wildman–Crippen LogP) is 17.9. The summed E-state index contributed by atoms with van der Waals surface area (Å²) < 4.78 is 4.90. The van der Waals surface area contributed by atoms with E-state index in [0.717, 1.165) is 22.5 Å². The van der Waals surface area contributed by atoms with Crippen LogP contribution in [0.25, 0.3) is 122 Å². The van der Waals surface area contributed by atoms with Crippen molar-refractivity contribution >= 4 is 43.6 Å². The number of aromatic nitrogens is 2. The molecule has 0 aliphatic rings. The Hall–Kier alpha value is -8.98. The van der Waals surface area contributed by atoms with Crippen LogP contribution in [-0.4, -0.2) is 9.13 Å². The van der Waals surface area contributed by atoms with E-state index in [-0.39, 0.29) is 0 Å². The average Bonchev–Trinajstić information content (AvgIpc) is 3.94. The fraction of sp³-hybridized carbons (Fsp3) is 0. The summed E-state index contributed by atoms with van der Waals surface area (Å²) in [5.74, 6) is 0. The van der Waals surface area contributed by atoms with E-state index in [1.165, 1.54) is 99.2 Å². The van der Waals surface area contributed by atoms with Crippen molar-refractivity contribution in [2.24, 2.45) is 0 Å². The SMILES string of the molecule is c1ccc(-c2cc(-c3cccc(-n4c5ccccc5c5ccc(-c6ccccc6)cc54)c3)c(-c3ccccc3)c(-c3cccc(-n4c5ccccc5c5ccc(-c6ccccc6)cc54)c3)c2)cc1. The fourth-order valence-electron chi connectivity index (χ4n) is 10.6. The van der Waals surface area contributed by atoms with Gasteiger partial charge in [-0.15, -0.1) is 0 Å². The third-order valence-electron chi connectivity index (χ3n) is 13.7. The summed E-state index contributed by atoms with van der Waals surface area (Å²) in [6.07, 6.45) is 0. The van der Waals surface area contributed by atoms with E-state index in [1.807, 2.05) is 0 Å². The van der Waals surface area contributed by atoms with Gasteiger partial charge >= 0.3 is 0 Å². The van der Waals surface area contributed by atoms with Gasteiger partial charge in [0.2, 0.25) is 0 Å². The summed E-state index contributed by atoms with van der Waals surface area (Å²) in [6.45, 7) is 0. The molecule has 2 nitrogen and oxygen atoms in total. The van der Waals surface area contributed by atoms with Crippen LogP contribution in [0, 0.1) is 0 Å². The van der Waals surface area contributed by atoms with Crippen molar-refractivity contribution in [1.29, 1.82) is 0 Å². The van der Waals surface area contributed by atoms with E-state index >= 15 is 0 Å². The second kappa shape index (κ2) is 16.5. The topological polar surface area (TPSA) is 9.86 Å². The predicted molar refractivity (Wildman–Crippen MR) is 288 cm³/mol. The van der Waals surface area contributed by atoms with Crippen molar-refractivity contribution in [1.82, 2.24) is 9.13 Å². The van der Waals surface area contributed by atoms with Crippen molar-refractivity contribution in [3.8, 4) is 78.1 Å². The van der Waals surface area contributed by atoms with Crippen LogP contribution in [0.1, 0.15) is 0 Å². The molecule has 0 radical (unpaired) electrons. The number of benzene rings is 11. The van der Waals surface area contributed by atoms with E-state index in [0.29, 0.717) is 0 Å². The molecule has 0 bridgehead atoms. The van der Waals surface area contributed by atoms with Crippen LogP contribution in [-0.2, 0) is 0 Å². The van der Waals surface area contributed by atoms with E-state index < -0.39 is 0 Å². The van der Waals surface area contributed by atoms with Gasteiger partial charge < -0.3 is 9.13 Å². The highest BCUT2D eigenvalue weighted by Gasteiger charge is 2.21. The average molecular weight is 865 g/mol. The molecule has 0 aliphatic heterocycles. The lowest BCUT2D eigenvalue weighted by Crippen LogP contribution is -1.98. The summed E-state index contributed by atoms with van der Waals surface area (Å²) in [7, 11) is 0. The van der Waals surface area contributed by atoms with E-state index in [4.69, 9.17) is 0 Å². The maximum Gasteiger partial charge on any atom is 0.0547 e. The van der Waals surface area contributed by atoms with Crippen molar-refractivity contribution < 1.29 is 0 Å². The lowest BCUT2D eigenvalue weighted by molar-refractivity contribution is 1.18. The summed E-state index contributed by atoms with van der Waals surface area (Å²) in [5, 5.41) is 4.96. The largest absolute Gasteiger partial charge is 0.309 e. The second-order valence-corrected chi connectivity index (χ2v) is 17.7. The number of nitrogens with zero attached hydrogens (tertiary/aromatic N) is 2. The first-order valence-corrected chi connectivity index (χ1v) is 23.4. The fourth-order valence-corrected chi connectivity index (χ4v) is 10.6. The Morgan fingerprint density at radius 2 is 0.544 bits per heavy atom. The smallest absolute Gasteiger partial charge is 0.0547 e. The molecule has 2 aromatic heterocycles. The van der Waals surface area contributed by atoms with E-state index in [1.54, 1.807) is 0 Å². The first-order valence-electron chi connectivity index (χ1n) is 23.4. The zero-order valence-electron chi connectivity index (χ0n) is 37.3. The van der Waals surface area contributed by atoms with Crippen molar-refractivity contribution in [2.75, 3.05) is 0 Å². The molecule has 0 spiro atoms. The van der Waals surface area contributed by atoms with Gasteiger partial charge in [0.25, 0.3) is 0 Å². The number of hydrogen-bond donors (Lipinski definition) is 0. The van der Waals surface area contributed by atoms with Gasteiger partial charge in [0, 0.05) is 32.9 Å². The Morgan fingerprint density at radius 3 is 0.985 bits per heavy atom. The molecule has 0 aliphatic carbocycles. The highest BCUT2D eigenvalue weighted by molar-refractivity contribution is 6.12. The van der Waals surface area contributed by atoms with Gasteiger partial charge in [-0.2, -0.15) is 0 Å². The van der Waals surface area contributed by atoms with Crippen LogP contribution in [0.4, 0.5) is 0 Å². The first-order chi connectivity index (χ1) is 33.7. The van der Waals surface area contributed by atoms with Gasteiger partial charge in [-0.3, -0.25) is 0 Å². The van der Waals surface area contributed by atoms with Gasteiger partial charge in [-0.1, -0.05) is 206 Å². The van der Waals surface area contributed by atoms with E-state index in [2.05, 4.69) is 276 Å². The normalized spacial score (nSPS) is 11.5. The molecule has 13 aromatic rings. The van der Waals surface area contributed by atoms with Gasteiger partial charge in [0.15, 0.2) is 0 Å². The maximum absolute atomic E-state index is 2.45. The highest BCUT2D eigenvalue weighted by atomic mass is 15.0. The molecule has 0 fully saturated rings. The second-order valence-electron chi connectivity index (χ2n) is 17.7. The molecule has 0 atom stereocenters. The molecule has 11 aromatic carbocycles. The Kier molecular flexibility index (Phi) is 9.54. The van der Waals surface area contributed by atoms with Gasteiger partial charge in [0.05, 0.1) is 22.1 Å². The zero-order chi connectivity index (χ0) is 45.0. The molecule has 318 valence electrons. The Morgan fingerprint density at radius 1 is 0.191 bits per heavy atom. The monoisotopic (exact) mass is 864 g/mol. The highest BCUT2D eigenvalue weighted by Crippen LogP contribution is 2.45. The van der Waals surface area contributed by atoms with Crippen LogP contribution in [0.15, 0.2) is 267 Å². The Bertz CT molecular complexity index is 3770. The number of fused-ring (bicyclic) bond motifs is 6. The number of hydrogen-bond acceptors (Lipinski definition) is 0. The number of rotatable bonds is 8.